The molecule has 272 valence electrons. The van der Waals surface area contributed by atoms with Crippen molar-refractivity contribution >= 4 is 104 Å². The average Bonchev–Trinajstić information content (AvgIpc) is 3.95. The lowest BCUT2D eigenvalue weighted by atomic mass is 10.1. The van der Waals surface area contributed by atoms with E-state index in [4.69, 9.17) is 0 Å². The molecule has 3 heterocycles. The third kappa shape index (κ3) is 4.76. The number of hydrogen-bond acceptors (Lipinski definition) is 1. The maximum Gasteiger partial charge on any atom is 0.180 e. The summed E-state index contributed by atoms with van der Waals surface area (Å²) in [5.74, 6) is 0. The Labute approximate surface area is 341 Å². The number of fused-ring (bicyclic) bond motifs is 9. The fourth-order valence-corrected chi connectivity index (χ4v) is 16.1. The number of nitrogens with zero attached hydrogens (tertiary/aromatic N) is 2. The third-order valence-corrected chi connectivity index (χ3v) is 18.2. The van der Waals surface area contributed by atoms with Crippen molar-refractivity contribution in [1.29, 1.82) is 0 Å². The van der Waals surface area contributed by atoms with Crippen molar-refractivity contribution in [3.63, 3.8) is 0 Å². The zero-order valence-corrected chi connectivity index (χ0v) is 33.4. The van der Waals surface area contributed by atoms with E-state index in [2.05, 4.69) is 228 Å². The Bertz CT molecular complexity index is 3470. The van der Waals surface area contributed by atoms with Crippen LogP contribution in [0.5, 0.6) is 0 Å². The summed E-state index contributed by atoms with van der Waals surface area (Å²) in [7, 11) is -2.96. The van der Waals surface area contributed by atoms with Gasteiger partial charge in [0, 0.05) is 53.1 Å². The molecule has 0 amide bonds. The Morgan fingerprint density at radius 1 is 0.310 bits per heavy atom. The average molecular weight is 773 g/mol. The standard InChI is InChI=1S/C54H36N2SSi/c1-4-17-37(18-5-1)55-47-26-13-10-23-42(47)46-35-38(31-34-49(46)55)56-48-27-14-11-25-45(48)54-50(56)28-16-30-53(54)58(39-19-6-2-7-20-39,40-21-8-3-9-22-40)41-32-33-44-43-24-12-15-29-51(43)57-52(44)36-41/h1-36H. The second-order valence-electron chi connectivity index (χ2n) is 15.2. The van der Waals surface area contributed by atoms with E-state index in [-0.39, 0.29) is 0 Å². The van der Waals surface area contributed by atoms with E-state index < -0.39 is 8.07 Å². The first-order valence-corrected chi connectivity index (χ1v) is 22.8. The molecular formula is C54H36N2SSi. The maximum atomic E-state index is 2.53. The van der Waals surface area contributed by atoms with Crippen LogP contribution in [0.4, 0.5) is 0 Å². The lowest BCUT2D eigenvalue weighted by molar-refractivity contribution is 1.17. The molecule has 0 unspecified atom stereocenters. The van der Waals surface area contributed by atoms with E-state index in [1.54, 1.807) is 0 Å². The van der Waals surface area contributed by atoms with Gasteiger partial charge in [0.2, 0.25) is 0 Å². The molecule has 0 spiro atoms. The number of thiophene rings is 1. The van der Waals surface area contributed by atoms with Crippen LogP contribution in [0.2, 0.25) is 0 Å². The quantitative estimate of drug-likeness (QED) is 0.118. The molecule has 0 aliphatic carbocycles. The van der Waals surface area contributed by atoms with E-state index >= 15 is 0 Å². The van der Waals surface area contributed by atoms with Gasteiger partial charge in [-0.1, -0.05) is 158 Å². The van der Waals surface area contributed by atoms with Gasteiger partial charge < -0.3 is 9.13 Å². The highest BCUT2D eigenvalue weighted by Gasteiger charge is 2.43. The van der Waals surface area contributed by atoms with Gasteiger partial charge in [0.25, 0.3) is 0 Å². The number of rotatable bonds is 6. The summed E-state index contributed by atoms with van der Waals surface area (Å²) >= 11 is 1.90. The SMILES string of the molecule is c1ccc(-n2c3ccccc3c3cc(-n4c5ccccc5c5c([Si](c6ccccc6)(c6ccccc6)c6ccc7c(c6)sc6ccccc67)cccc54)ccc32)cc1. The lowest BCUT2D eigenvalue weighted by Gasteiger charge is -2.35. The van der Waals surface area contributed by atoms with E-state index in [0.717, 1.165) is 5.69 Å². The Hall–Kier alpha value is -6.98. The second-order valence-corrected chi connectivity index (χ2v) is 20.1. The first-order chi connectivity index (χ1) is 28.8. The van der Waals surface area contributed by atoms with Gasteiger partial charge in [-0.15, -0.1) is 11.3 Å². The largest absolute Gasteiger partial charge is 0.309 e. The van der Waals surface area contributed by atoms with Crippen LogP contribution in [0.1, 0.15) is 0 Å². The normalized spacial score (nSPS) is 12.1. The summed E-state index contributed by atoms with van der Waals surface area (Å²) in [5, 5.41) is 13.3. The van der Waals surface area contributed by atoms with Crippen molar-refractivity contribution in [3.8, 4) is 11.4 Å². The van der Waals surface area contributed by atoms with Gasteiger partial charge in [-0.05, 0) is 81.4 Å². The molecule has 2 nitrogen and oxygen atoms in total. The molecule has 58 heavy (non-hydrogen) atoms. The lowest BCUT2D eigenvalue weighted by Crippen LogP contribution is -2.74. The van der Waals surface area contributed by atoms with Crippen molar-refractivity contribution in [3.05, 3.63) is 218 Å². The predicted molar refractivity (Wildman–Crippen MR) is 252 cm³/mol. The van der Waals surface area contributed by atoms with Crippen molar-refractivity contribution < 1.29 is 0 Å². The second kappa shape index (κ2) is 13.0. The molecule has 12 rings (SSSR count). The molecule has 0 N–H and O–H groups in total. The smallest absolute Gasteiger partial charge is 0.180 e. The minimum absolute atomic E-state index is 1.16. The molecule has 0 bridgehead atoms. The first kappa shape index (κ1) is 33.2. The predicted octanol–water partition coefficient (Wildman–Crippen LogP) is 11.6. The molecule has 9 aromatic carbocycles. The Balaban J connectivity index is 1.18. The van der Waals surface area contributed by atoms with Crippen molar-refractivity contribution in [2.24, 2.45) is 0 Å². The maximum absolute atomic E-state index is 2.96. The fourth-order valence-electron chi connectivity index (χ4n) is 9.87. The van der Waals surface area contributed by atoms with Gasteiger partial charge in [0.05, 0.1) is 22.1 Å². The minimum Gasteiger partial charge on any atom is -0.309 e. The van der Waals surface area contributed by atoms with Gasteiger partial charge in [-0.25, -0.2) is 0 Å². The van der Waals surface area contributed by atoms with Crippen LogP contribution in [-0.4, -0.2) is 17.2 Å². The van der Waals surface area contributed by atoms with Gasteiger partial charge in [-0.2, -0.15) is 0 Å². The summed E-state index contributed by atoms with van der Waals surface area (Å²) in [4.78, 5) is 0. The molecule has 3 aromatic heterocycles. The Morgan fingerprint density at radius 3 is 1.60 bits per heavy atom. The molecule has 0 atom stereocenters. The zero-order valence-electron chi connectivity index (χ0n) is 31.6. The topological polar surface area (TPSA) is 9.86 Å². The molecule has 12 aromatic rings. The summed E-state index contributed by atoms with van der Waals surface area (Å²) in [6.07, 6.45) is 0. The number of aromatic nitrogens is 2. The molecule has 0 fully saturated rings. The summed E-state index contributed by atoms with van der Waals surface area (Å²) in [6.45, 7) is 0. The highest BCUT2D eigenvalue weighted by molar-refractivity contribution is 7.26. The van der Waals surface area contributed by atoms with Crippen LogP contribution in [-0.2, 0) is 0 Å². The number of benzene rings is 9. The van der Waals surface area contributed by atoms with E-state index in [9.17, 15) is 0 Å². The number of para-hydroxylation sites is 3. The van der Waals surface area contributed by atoms with Gasteiger partial charge >= 0.3 is 0 Å². The van der Waals surface area contributed by atoms with Crippen molar-refractivity contribution in [1.82, 2.24) is 9.13 Å². The van der Waals surface area contributed by atoms with Crippen LogP contribution in [0.25, 0.3) is 75.2 Å². The van der Waals surface area contributed by atoms with Crippen LogP contribution in [0.15, 0.2) is 218 Å². The molecule has 0 aliphatic heterocycles. The summed E-state index contributed by atoms with van der Waals surface area (Å²) < 4.78 is 7.56. The van der Waals surface area contributed by atoms with Gasteiger partial charge in [0.1, 0.15) is 0 Å². The monoisotopic (exact) mass is 772 g/mol. The van der Waals surface area contributed by atoms with Crippen LogP contribution < -0.4 is 20.7 Å². The van der Waals surface area contributed by atoms with E-state index in [0.29, 0.717) is 0 Å². The molecule has 0 saturated carbocycles. The van der Waals surface area contributed by atoms with Crippen molar-refractivity contribution in [2.45, 2.75) is 0 Å². The third-order valence-electron chi connectivity index (χ3n) is 12.3. The summed E-state index contributed by atoms with van der Waals surface area (Å²) in [5.41, 5.74) is 7.16. The van der Waals surface area contributed by atoms with Crippen LogP contribution in [0.3, 0.4) is 0 Å². The van der Waals surface area contributed by atoms with Crippen LogP contribution >= 0.6 is 11.3 Å². The van der Waals surface area contributed by atoms with Gasteiger partial charge in [0.15, 0.2) is 8.07 Å². The zero-order chi connectivity index (χ0) is 38.2. The highest BCUT2D eigenvalue weighted by Crippen LogP contribution is 2.38. The minimum atomic E-state index is -2.96. The molecular weight excluding hydrogens is 737 g/mol. The highest BCUT2D eigenvalue weighted by atomic mass is 32.1. The molecule has 0 aliphatic rings. The first-order valence-electron chi connectivity index (χ1n) is 19.9. The van der Waals surface area contributed by atoms with Gasteiger partial charge in [-0.3, -0.25) is 0 Å². The summed E-state index contributed by atoms with van der Waals surface area (Å²) in [6, 6.07) is 81.6. The molecule has 4 heteroatoms. The molecule has 0 radical (unpaired) electrons. The van der Waals surface area contributed by atoms with E-state index in [1.807, 2.05) is 11.3 Å². The molecule has 0 saturated heterocycles. The van der Waals surface area contributed by atoms with Crippen LogP contribution in [0, 0.1) is 0 Å². The van der Waals surface area contributed by atoms with E-state index in [1.165, 1.54) is 90.2 Å². The number of hydrogen-bond donors (Lipinski definition) is 0. The fraction of sp³-hybridized carbons (Fsp3) is 0. The Morgan fingerprint density at radius 2 is 0.862 bits per heavy atom. The Kier molecular flexibility index (Phi) is 7.46. The van der Waals surface area contributed by atoms with Crippen molar-refractivity contribution in [2.75, 3.05) is 0 Å².